The second kappa shape index (κ2) is 62.1. The fraction of sp³-hybridized carbons (Fsp3) is 0.731. The highest BCUT2D eigenvalue weighted by Gasteiger charge is 2.16. The van der Waals surface area contributed by atoms with E-state index >= 15 is 0 Å². The van der Waals surface area contributed by atoms with Crippen molar-refractivity contribution in [2.45, 2.75) is 302 Å². The molecule has 5 nitrogen and oxygen atoms in total. The van der Waals surface area contributed by atoms with Gasteiger partial charge in [0.25, 0.3) is 0 Å². The molecule has 0 aliphatic carbocycles. The SMILES string of the molecule is CC/C=C\C/C=C\C/C=C\C/C=C\C/C=C\CCCCCCCCCCCCCCCC(=O)OC(CO)COC(=O)CCCCCCCCCCCCCCCC/C=C\C/C=C\C/C=C\CCCCCCC. The van der Waals surface area contributed by atoms with Crippen LogP contribution in [-0.2, 0) is 19.1 Å². The van der Waals surface area contributed by atoms with Gasteiger partial charge in [0, 0.05) is 12.8 Å². The van der Waals surface area contributed by atoms with Crippen molar-refractivity contribution >= 4 is 11.9 Å². The van der Waals surface area contributed by atoms with Gasteiger partial charge in [-0.1, -0.05) is 284 Å². The van der Waals surface area contributed by atoms with Crippen molar-refractivity contribution in [3.8, 4) is 0 Å². The molecule has 0 heterocycles. The standard InChI is InChI=1S/C67H116O5/c1-3-5-7-9-11-13-15-17-19-21-23-25-27-29-31-33-35-37-39-41-43-45-47-49-51-53-55-57-59-61-66(69)71-64-65(63-68)72-67(70)62-60-58-56-54-52-50-48-46-44-42-40-38-36-34-32-30-28-26-24-22-20-18-16-14-12-10-8-6-4-2/h6,8,12,14-15,17-18,20-21,23-24,26-27,29-30,32,65,68H,3-5,7,9-11,13,16,19,22,25,28,31,33-64H2,1-2H3/b8-6-,14-12-,17-15-,20-18-,23-21-,26-24-,29-27-,32-30-. The summed E-state index contributed by atoms with van der Waals surface area (Å²) in [5.41, 5.74) is 0. The third kappa shape index (κ3) is 59.4. The minimum absolute atomic E-state index is 0.0687. The smallest absolute Gasteiger partial charge is 0.306 e. The van der Waals surface area contributed by atoms with Crippen molar-refractivity contribution in [1.29, 1.82) is 0 Å². The number of hydrogen-bond acceptors (Lipinski definition) is 5. The minimum atomic E-state index is -0.779. The van der Waals surface area contributed by atoms with Crippen LogP contribution in [0.25, 0.3) is 0 Å². The van der Waals surface area contributed by atoms with Crippen molar-refractivity contribution in [2.75, 3.05) is 13.2 Å². The van der Waals surface area contributed by atoms with Crippen LogP contribution in [0, 0.1) is 0 Å². The van der Waals surface area contributed by atoms with Crippen LogP contribution in [0.4, 0.5) is 0 Å². The molecule has 0 aliphatic rings. The van der Waals surface area contributed by atoms with Crippen LogP contribution in [-0.4, -0.2) is 36.4 Å². The number of allylic oxidation sites excluding steroid dienone is 16. The normalized spacial score (nSPS) is 12.9. The molecule has 0 aromatic heterocycles. The highest BCUT2D eigenvalue weighted by molar-refractivity contribution is 5.70. The molecule has 5 heteroatoms. The van der Waals surface area contributed by atoms with Gasteiger partial charge in [0.1, 0.15) is 6.61 Å². The third-order valence-corrected chi connectivity index (χ3v) is 13.4. The van der Waals surface area contributed by atoms with E-state index in [2.05, 4.69) is 111 Å². The summed E-state index contributed by atoms with van der Waals surface area (Å²) in [4.78, 5) is 24.6. The van der Waals surface area contributed by atoms with Crippen LogP contribution in [0.5, 0.6) is 0 Å². The first-order chi connectivity index (χ1) is 35.6. The Kier molecular flexibility index (Phi) is 59.4. The predicted octanol–water partition coefficient (Wildman–Crippen LogP) is 21.1. The Hall–Kier alpha value is -3.18. The van der Waals surface area contributed by atoms with Crippen LogP contribution in [0.15, 0.2) is 97.2 Å². The summed E-state index contributed by atoms with van der Waals surface area (Å²) in [6, 6.07) is 0. The van der Waals surface area contributed by atoms with Crippen LogP contribution < -0.4 is 0 Å². The van der Waals surface area contributed by atoms with Crippen molar-refractivity contribution in [3.05, 3.63) is 97.2 Å². The lowest BCUT2D eigenvalue weighted by Gasteiger charge is -2.15. The number of esters is 2. The van der Waals surface area contributed by atoms with Crippen molar-refractivity contribution < 1.29 is 24.2 Å². The lowest BCUT2D eigenvalue weighted by atomic mass is 10.0. The van der Waals surface area contributed by atoms with Crippen LogP contribution >= 0.6 is 0 Å². The molecule has 0 rings (SSSR count). The molecule has 0 fully saturated rings. The maximum atomic E-state index is 12.3. The second-order valence-electron chi connectivity index (χ2n) is 20.4. The third-order valence-electron chi connectivity index (χ3n) is 13.4. The van der Waals surface area contributed by atoms with Crippen LogP contribution in [0.3, 0.4) is 0 Å². The van der Waals surface area contributed by atoms with Gasteiger partial charge in [0.2, 0.25) is 0 Å². The van der Waals surface area contributed by atoms with Crippen molar-refractivity contribution in [2.24, 2.45) is 0 Å². The Balaban J connectivity index is 3.49. The Bertz CT molecular complexity index is 1360. The number of unbranched alkanes of at least 4 members (excludes halogenated alkanes) is 32. The monoisotopic (exact) mass is 1000 g/mol. The molecule has 0 radical (unpaired) electrons. The van der Waals surface area contributed by atoms with Gasteiger partial charge in [-0.05, 0) is 96.3 Å². The fourth-order valence-electron chi connectivity index (χ4n) is 8.77. The van der Waals surface area contributed by atoms with Gasteiger partial charge in [-0.2, -0.15) is 0 Å². The number of hydrogen-bond donors (Lipinski definition) is 1. The molecule has 0 bridgehead atoms. The largest absolute Gasteiger partial charge is 0.462 e. The first-order valence-electron chi connectivity index (χ1n) is 30.8. The molecule has 1 atom stereocenters. The van der Waals surface area contributed by atoms with E-state index in [9.17, 15) is 14.7 Å². The van der Waals surface area contributed by atoms with Gasteiger partial charge < -0.3 is 14.6 Å². The summed E-state index contributed by atoms with van der Waals surface area (Å²) in [6.07, 6.45) is 88.2. The molecule has 1 unspecified atom stereocenters. The fourth-order valence-corrected chi connectivity index (χ4v) is 8.77. The van der Waals surface area contributed by atoms with Gasteiger partial charge in [0.15, 0.2) is 6.10 Å². The average Bonchev–Trinajstić information content (AvgIpc) is 3.38. The summed E-state index contributed by atoms with van der Waals surface area (Å²) in [5, 5.41) is 9.68. The summed E-state index contributed by atoms with van der Waals surface area (Å²) in [5.74, 6) is -0.587. The number of rotatable bonds is 56. The van der Waals surface area contributed by atoms with E-state index in [1.54, 1.807) is 0 Å². The first kappa shape index (κ1) is 68.8. The van der Waals surface area contributed by atoms with E-state index < -0.39 is 6.10 Å². The molecule has 0 aromatic carbocycles. The molecule has 72 heavy (non-hydrogen) atoms. The van der Waals surface area contributed by atoms with Crippen molar-refractivity contribution in [3.63, 3.8) is 0 Å². The molecular formula is C67H116O5. The lowest BCUT2D eigenvalue weighted by Crippen LogP contribution is -2.28. The van der Waals surface area contributed by atoms with Gasteiger partial charge in [-0.3, -0.25) is 9.59 Å². The quantitative estimate of drug-likeness (QED) is 0.0373. The highest BCUT2D eigenvalue weighted by atomic mass is 16.6. The van der Waals surface area contributed by atoms with Gasteiger partial charge >= 0.3 is 11.9 Å². The number of carbonyl (C=O) groups excluding carboxylic acids is 2. The average molecular weight is 1000 g/mol. The maximum absolute atomic E-state index is 12.3. The summed E-state index contributed by atoms with van der Waals surface area (Å²) in [7, 11) is 0. The molecule has 1 N–H and O–H groups in total. The maximum Gasteiger partial charge on any atom is 0.306 e. The van der Waals surface area contributed by atoms with E-state index in [0.717, 1.165) is 83.5 Å². The molecule has 0 spiro atoms. The van der Waals surface area contributed by atoms with Gasteiger partial charge in [-0.15, -0.1) is 0 Å². The minimum Gasteiger partial charge on any atom is -0.462 e. The molecule has 0 aromatic rings. The van der Waals surface area contributed by atoms with Crippen LogP contribution in [0.1, 0.15) is 296 Å². The Morgan fingerprint density at radius 2 is 0.597 bits per heavy atom. The summed E-state index contributed by atoms with van der Waals surface area (Å²) < 4.78 is 10.7. The first-order valence-corrected chi connectivity index (χ1v) is 30.8. The van der Waals surface area contributed by atoms with Crippen molar-refractivity contribution in [1.82, 2.24) is 0 Å². The summed E-state index contributed by atoms with van der Waals surface area (Å²) >= 11 is 0. The van der Waals surface area contributed by atoms with E-state index in [1.807, 2.05) is 0 Å². The topological polar surface area (TPSA) is 72.8 Å². The second-order valence-corrected chi connectivity index (χ2v) is 20.4. The zero-order chi connectivity index (χ0) is 52.0. The zero-order valence-corrected chi connectivity index (χ0v) is 47.4. The molecular weight excluding hydrogens is 885 g/mol. The molecule has 0 saturated heterocycles. The predicted molar refractivity (Wildman–Crippen MR) is 316 cm³/mol. The van der Waals surface area contributed by atoms with E-state index in [4.69, 9.17) is 9.47 Å². The molecule has 0 aliphatic heterocycles. The number of aliphatic hydroxyl groups excluding tert-OH is 1. The van der Waals surface area contributed by atoms with Gasteiger partial charge in [0.05, 0.1) is 6.61 Å². The Morgan fingerprint density at radius 3 is 0.903 bits per heavy atom. The Labute approximate surface area is 447 Å². The molecule has 414 valence electrons. The van der Waals surface area contributed by atoms with E-state index in [0.29, 0.717) is 12.8 Å². The zero-order valence-electron chi connectivity index (χ0n) is 47.4. The number of aliphatic hydroxyl groups is 1. The molecule has 0 saturated carbocycles. The Morgan fingerprint density at radius 1 is 0.333 bits per heavy atom. The summed E-state index contributed by atoms with van der Waals surface area (Å²) in [6.45, 7) is 4.04. The van der Waals surface area contributed by atoms with E-state index in [-0.39, 0.29) is 25.2 Å². The van der Waals surface area contributed by atoms with E-state index in [1.165, 1.54) is 186 Å². The highest BCUT2D eigenvalue weighted by Crippen LogP contribution is 2.16. The number of carbonyl (C=O) groups is 2. The molecule has 0 amide bonds. The lowest BCUT2D eigenvalue weighted by molar-refractivity contribution is -0.161. The number of ether oxygens (including phenoxy) is 2. The van der Waals surface area contributed by atoms with Gasteiger partial charge in [-0.25, -0.2) is 0 Å². The van der Waals surface area contributed by atoms with Crippen LogP contribution in [0.2, 0.25) is 0 Å².